The fourth-order valence-corrected chi connectivity index (χ4v) is 3.17. The third kappa shape index (κ3) is 2.43. The van der Waals surface area contributed by atoms with Crippen molar-refractivity contribution in [1.29, 1.82) is 0 Å². The van der Waals surface area contributed by atoms with E-state index in [1.54, 1.807) is 11.8 Å². The van der Waals surface area contributed by atoms with E-state index in [9.17, 15) is 0 Å². The molecule has 0 amide bonds. The maximum absolute atomic E-state index is 5.83. The first kappa shape index (κ1) is 13.5. The molecule has 1 aliphatic rings. The van der Waals surface area contributed by atoms with Crippen molar-refractivity contribution < 1.29 is 4.74 Å². The molecule has 104 valence electrons. The second kappa shape index (κ2) is 5.90. The number of ether oxygens (including phenoxy) is 1. The summed E-state index contributed by atoms with van der Waals surface area (Å²) in [6.07, 6.45) is 3.12. The molecule has 20 heavy (non-hydrogen) atoms. The average molecular weight is 285 g/mol. The Bertz CT molecular complexity index is 594. The molecule has 1 aliphatic heterocycles. The zero-order valence-electron chi connectivity index (χ0n) is 11.8. The van der Waals surface area contributed by atoms with Crippen molar-refractivity contribution >= 4 is 11.8 Å². The molecular weight excluding hydrogens is 266 g/mol. The van der Waals surface area contributed by atoms with Crippen molar-refractivity contribution in [2.24, 2.45) is 0 Å². The van der Waals surface area contributed by atoms with E-state index in [4.69, 9.17) is 4.74 Å². The Morgan fingerprint density at radius 2 is 1.95 bits per heavy atom. The van der Waals surface area contributed by atoms with E-state index in [2.05, 4.69) is 54.0 Å². The Balaban J connectivity index is 1.99. The number of nitrogens with one attached hydrogen (secondary N) is 1. The summed E-state index contributed by atoms with van der Waals surface area (Å²) >= 11 is 1.77. The van der Waals surface area contributed by atoms with E-state index in [-0.39, 0.29) is 6.04 Å². The van der Waals surface area contributed by atoms with E-state index < -0.39 is 0 Å². The monoisotopic (exact) mass is 285 g/mol. The molecule has 1 unspecified atom stereocenters. The maximum atomic E-state index is 5.83. The van der Waals surface area contributed by atoms with Crippen LogP contribution in [0.2, 0.25) is 0 Å². The highest BCUT2D eigenvalue weighted by atomic mass is 32.2. The molecule has 1 N–H and O–H groups in total. The molecule has 0 fully saturated rings. The van der Waals surface area contributed by atoms with Crippen LogP contribution in [-0.4, -0.2) is 19.9 Å². The third-order valence-corrected chi connectivity index (χ3v) is 4.54. The van der Waals surface area contributed by atoms with Crippen LogP contribution < -0.4 is 10.1 Å². The SMILES string of the molecule is CNC(c1ccc(SC)cc1)c1cccc2c1OCC2. The van der Waals surface area contributed by atoms with Crippen LogP contribution in [0.15, 0.2) is 47.4 Å². The molecule has 0 bridgehead atoms. The molecule has 3 rings (SSSR count). The van der Waals surface area contributed by atoms with Gasteiger partial charge in [-0.2, -0.15) is 0 Å². The van der Waals surface area contributed by atoms with Crippen LogP contribution in [0.1, 0.15) is 22.7 Å². The molecule has 0 radical (unpaired) electrons. The molecule has 2 aromatic rings. The van der Waals surface area contributed by atoms with Crippen LogP contribution in [0.25, 0.3) is 0 Å². The number of hydrogen-bond acceptors (Lipinski definition) is 3. The number of hydrogen-bond donors (Lipinski definition) is 1. The quantitative estimate of drug-likeness (QED) is 0.866. The molecule has 3 heteroatoms. The first-order valence-electron chi connectivity index (χ1n) is 6.89. The Morgan fingerprint density at radius 3 is 2.65 bits per heavy atom. The summed E-state index contributed by atoms with van der Waals surface area (Å²) in [4.78, 5) is 1.29. The van der Waals surface area contributed by atoms with Crippen molar-refractivity contribution in [2.75, 3.05) is 19.9 Å². The van der Waals surface area contributed by atoms with Crippen molar-refractivity contribution in [3.63, 3.8) is 0 Å². The lowest BCUT2D eigenvalue weighted by atomic mass is 9.96. The zero-order valence-corrected chi connectivity index (χ0v) is 12.7. The molecule has 0 spiro atoms. The normalized spacial score (nSPS) is 14.7. The van der Waals surface area contributed by atoms with Crippen LogP contribution in [0.4, 0.5) is 0 Å². The predicted octanol–water partition coefficient (Wildman–Crippen LogP) is 3.65. The fraction of sp³-hybridized carbons (Fsp3) is 0.294. The third-order valence-electron chi connectivity index (χ3n) is 3.79. The van der Waals surface area contributed by atoms with E-state index >= 15 is 0 Å². The highest BCUT2D eigenvalue weighted by molar-refractivity contribution is 7.98. The van der Waals surface area contributed by atoms with Crippen LogP contribution >= 0.6 is 11.8 Å². The van der Waals surface area contributed by atoms with Gasteiger partial charge in [0.25, 0.3) is 0 Å². The summed E-state index contributed by atoms with van der Waals surface area (Å²) in [5.74, 6) is 1.07. The smallest absolute Gasteiger partial charge is 0.127 e. The fourth-order valence-electron chi connectivity index (χ4n) is 2.77. The molecule has 2 aromatic carbocycles. The van der Waals surface area contributed by atoms with Gasteiger partial charge in [0, 0.05) is 16.9 Å². The van der Waals surface area contributed by atoms with Crippen molar-refractivity contribution in [2.45, 2.75) is 17.4 Å². The summed E-state index contributed by atoms with van der Waals surface area (Å²) in [5.41, 5.74) is 3.83. The summed E-state index contributed by atoms with van der Waals surface area (Å²) < 4.78 is 5.83. The zero-order chi connectivity index (χ0) is 13.9. The van der Waals surface area contributed by atoms with Crippen LogP contribution in [0, 0.1) is 0 Å². The number of para-hydroxylation sites is 1. The molecule has 1 atom stereocenters. The van der Waals surface area contributed by atoms with Gasteiger partial charge in [0.15, 0.2) is 0 Å². The van der Waals surface area contributed by atoms with Gasteiger partial charge in [-0.1, -0.05) is 30.3 Å². The van der Waals surface area contributed by atoms with Gasteiger partial charge in [-0.05, 0) is 36.6 Å². The van der Waals surface area contributed by atoms with Gasteiger partial charge in [-0.25, -0.2) is 0 Å². The van der Waals surface area contributed by atoms with Gasteiger partial charge in [-0.15, -0.1) is 11.8 Å². The average Bonchev–Trinajstić information content (AvgIpc) is 2.98. The summed E-state index contributed by atoms with van der Waals surface area (Å²) in [6.45, 7) is 0.800. The molecular formula is C17H19NOS. The number of benzene rings is 2. The summed E-state index contributed by atoms with van der Waals surface area (Å²) in [7, 11) is 2.00. The van der Waals surface area contributed by atoms with Crippen LogP contribution in [-0.2, 0) is 6.42 Å². The topological polar surface area (TPSA) is 21.3 Å². The van der Waals surface area contributed by atoms with E-state index in [1.165, 1.54) is 21.6 Å². The highest BCUT2D eigenvalue weighted by Crippen LogP contribution is 2.36. The van der Waals surface area contributed by atoms with Gasteiger partial charge < -0.3 is 10.1 Å². The minimum atomic E-state index is 0.180. The van der Waals surface area contributed by atoms with Gasteiger partial charge in [0.1, 0.15) is 5.75 Å². The highest BCUT2D eigenvalue weighted by Gasteiger charge is 2.22. The standard InChI is InChI=1S/C17H19NOS/c1-18-16(12-6-8-14(20-2)9-7-12)15-5-3-4-13-10-11-19-17(13)15/h3-9,16,18H,10-11H2,1-2H3. The molecule has 0 saturated heterocycles. The van der Waals surface area contributed by atoms with Gasteiger partial charge in [0.05, 0.1) is 12.6 Å². The van der Waals surface area contributed by atoms with E-state index in [0.29, 0.717) is 0 Å². The predicted molar refractivity (Wildman–Crippen MR) is 84.8 cm³/mol. The molecule has 0 aliphatic carbocycles. The summed E-state index contributed by atoms with van der Waals surface area (Å²) in [5, 5.41) is 3.42. The maximum Gasteiger partial charge on any atom is 0.127 e. The minimum absolute atomic E-state index is 0.180. The lowest BCUT2D eigenvalue weighted by molar-refractivity contribution is 0.351. The Kier molecular flexibility index (Phi) is 3.99. The molecule has 0 saturated carbocycles. The largest absolute Gasteiger partial charge is 0.493 e. The molecule has 1 heterocycles. The number of rotatable bonds is 4. The second-order valence-electron chi connectivity index (χ2n) is 4.93. The Morgan fingerprint density at radius 1 is 1.15 bits per heavy atom. The lowest BCUT2D eigenvalue weighted by Crippen LogP contribution is -2.18. The van der Waals surface area contributed by atoms with E-state index in [0.717, 1.165) is 18.8 Å². The number of thioether (sulfide) groups is 1. The van der Waals surface area contributed by atoms with Crippen molar-refractivity contribution in [3.8, 4) is 5.75 Å². The van der Waals surface area contributed by atoms with Gasteiger partial charge >= 0.3 is 0 Å². The lowest BCUT2D eigenvalue weighted by Gasteiger charge is -2.20. The first-order chi connectivity index (χ1) is 9.83. The van der Waals surface area contributed by atoms with Crippen LogP contribution in [0.3, 0.4) is 0 Å². The summed E-state index contributed by atoms with van der Waals surface area (Å²) in [6, 6.07) is 15.4. The van der Waals surface area contributed by atoms with Crippen LogP contribution in [0.5, 0.6) is 5.75 Å². The Labute approximate surface area is 124 Å². The van der Waals surface area contributed by atoms with E-state index in [1.807, 2.05) is 7.05 Å². The van der Waals surface area contributed by atoms with Gasteiger partial charge in [0.2, 0.25) is 0 Å². The number of fused-ring (bicyclic) bond motifs is 1. The molecule has 0 aromatic heterocycles. The second-order valence-corrected chi connectivity index (χ2v) is 5.81. The van der Waals surface area contributed by atoms with Crippen molar-refractivity contribution in [1.82, 2.24) is 5.32 Å². The van der Waals surface area contributed by atoms with Crippen molar-refractivity contribution in [3.05, 3.63) is 59.2 Å². The minimum Gasteiger partial charge on any atom is -0.493 e. The first-order valence-corrected chi connectivity index (χ1v) is 8.11. The van der Waals surface area contributed by atoms with Gasteiger partial charge in [-0.3, -0.25) is 0 Å². The Hall–Kier alpha value is -1.45. The molecule has 2 nitrogen and oxygen atoms in total.